The van der Waals surface area contributed by atoms with E-state index in [4.69, 9.17) is 188 Å². The number of rotatable bonds is 8. The Balaban J connectivity index is 1.21. The number of hydrogen-bond acceptors (Lipinski definition) is 10. The van der Waals surface area contributed by atoms with Crippen LogP contribution in [0.25, 0.3) is 89.7 Å². The first-order chi connectivity index (χ1) is 40.3. The molecule has 2 aliphatic heterocycles. The number of hydrogen-bond donors (Lipinski definition) is 2. The molecule has 8 bridgehead atoms. The van der Waals surface area contributed by atoms with Crippen LogP contribution in [0.2, 0.25) is 60.3 Å². The number of benzene rings is 8. The summed E-state index contributed by atoms with van der Waals surface area (Å²) in [6.07, 6.45) is 0. The lowest BCUT2D eigenvalue weighted by Crippen LogP contribution is -1.94. The van der Waals surface area contributed by atoms with Crippen molar-refractivity contribution in [2.45, 2.75) is 0 Å². The van der Waals surface area contributed by atoms with Crippen LogP contribution in [0.15, 0.2) is 97.1 Å². The van der Waals surface area contributed by atoms with Gasteiger partial charge in [-0.25, -0.2) is 47.5 Å². The Bertz CT molecular complexity index is 4940. The predicted octanol–water partition coefficient (Wildman–Crippen LogP) is 22.4. The van der Waals surface area contributed by atoms with Gasteiger partial charge < -0.3 is 28.9 Å². The second-order valence-electron chi connectivity index (χ2n) is 17.8. The Labute approximate surface area is 527 Å². The third-order valence-electron chi connectivity index (χ3n) is 12.9. The van der Waals surface area contributed by atoms with Gasteiger partial charge in [-0.2, -0.15) is 0 Å². The molecule has 0 amide bonds. The van der Waals surface area contributed by atoms with Gasteiger partial charge in [-0.3, -0.25) is 0 Å². The summed E-state index contributed by atoms with van der Waals surface area (Å²) < 4.78 is 85.3. The van der Waals surface area contributed by atoms with Gasteiger partial charge in [0.1, 0.15) is 42.7 Å². The topological polar surface area (TPSA) is 146 Å². The van der Waals surface area contributed by atoms with Gasteiger partial charge in [0.2, 0.25) is 0 Å². The van der Waals surface area contributed by atoms with Crippen molar-refractivity contribution < 1.29 is 36.5 Å². The molecular formula is C56H18Cl12F4N8O4. The summed E-state index contributed by atoms with van der Waals surface area (Å²) >= 11 is 86.1. The lowest BCUT2D eigenvalue weighted by atomic mass is 10.1. The predicted molar refractivity (Wildman–Crippen MR) is 322 cm³/mol. The Morgan fingerprint density at radius 2 is 0.488 bits per heavy atom. The first-order valence-corrected chi connectivity index (χ1v) is 28.2. The van der Waals surface area contributed by atoms with Gasteiger partial charge in [0, 0.05) is 0 Å². The fourth-order valence-corrected chi connectivity index (χ4v) is 12.6. The highest BCUT2D eigenvalue weighted by Gasteiger charge is 2.36. The molecule has 8 aromatic carbocycles. The maximum Gasteiger partial charge on any atom is 0.167 e. The van der Waals surface area contributed by atoms with E-state index in [1.54, 1.807) is 0 Å². The highest BCUT2D eigenvalue weighted by atomic mass is 35.5. The molecule has 0 atom stereocenters. The normalized spacial score (nSPS) is 11.8. The Morgan fingerprint density at radius 1 is 0.262 bits per heavy atom. The van der Waals surface area contributed by atoms with Gasteiger partial charge >= 0.3 is 0 Å². The molecule has 0 radical (unpaired) electrons. The number of nitrogens with one attached hydrogen (secondary N) is 2. The first kappa shape index (κ1) is 56.6. The summed E-state index contributed by atoms with van der Waals surface area (Å²) in [4.78, 5) is 35.7. The maximum atomic E-state index is 15.3. The van der Waals surface area contributed by atoms with Gasteiger partial charge in [0.15, 0.2) is 92.6 Å². The summed E-state index contributed by atoms with van der Waals surface area (Å²) in [7, 11) is 0. The average Bonchev–Trinajstić information content (AvgIpc) is 1.72. The van der Waals surface area contributed by atoms with E-state index in [1.165, 1.54) is 72.8 Å². The number of nitrogens with zero attached hydrogens (tertiary/aromatic N) is 6. The molecule has 0 unspecified atom stereocenters. The number of para-hydroxylation sites is 4. The summed E-state index contributed by atoms with van der Waals surface area (Å²) in [5, 5.41) is -3.82. The van der Waals surface area contributed by atoms with Crippen molar-refractivity contribution in [2.24, 2.45) is 0 Å². The minimum atomic E-state index is -0.790. The molecular weight excluding hydrogens is 1350 g/mol. The molecule has 0 fully saturated rings. The lowest BCUT2D eigenvalue weighted by molar-refractivity contribution is 0.443. The van der Waals surface area contributed by atoms with Gasteiger partial charge in [-0.1, -0.05) is 188 Å². The van der Waals surface area contributed by atoms with Gasteiger partial charge in [-0.05, 0) is 48.5 Å². The highest BCUT2D eigenvalue weighted by molar-refractivity contribution is 6.53. The van der Waals surface area contributed by atoms with E-state index in [1.807, 2.05) is 0 Å². The van der Waals surface area contributed by atoms with Crippen LogP contribution >= 0.6 is 139 Å². The summed E-state index contributed by atoms with van der Waals surface area (Å²) in [5.74, 6) is -6.79. The number of aromatic amines is 2. The largest absolute Gasteiger partial charge is 0.451 e. The molecule has 11 aromatic rings. The van der Waals surface area contributed by atoms with E-state index in [-0.39, 0.29) is 196 Å². The summed E-state index contributed by atoms with van der Waals surface area (Å²) in [5.41, 5.74) is -1.13. The second kappa shape index (κ2) is 21.8. The minimum Gasteiger partial charge on any atom is -0.451 e. The van der Waals surface area contributed by atoms with Crippen molar-refractivity contribution >= 4 is 183 Å². The van der Waals surface area contributed by atoms with E-state index >= 15 is 17.6 Å². The third-order valence-corrected chi connectivity index (χ3v) is 17.7. The molecule has 418 valence electrons. The van der Waals surface area contributed by atoms with Crippen LogP contribution in [0, 0.1) is 23.3 Å². The van der Waals surface area contributed by atoms with Crippen molar-refractivity contribution in [3.8, 4) is 91.5 Å². The van der Waals surface area contributed by atoms with E-state index in [0.29, 0.717) is 0 Å². The molecule has 0 aliphatic carbocycles. The number of aromatic nitrogens is 8. The summed E-state index contributed by atoms with van der Waals surface area (Å²) in [6, 6.07) is 21.7. The third kappa shape index (κ3) is 9.20. The van der Waals surface area contributed by atoms with Crippen LogP contribution in [0.1, 0.15) is 0 Å². The van der Waals surface area contributed by atoms with Crippen LogP contribution in [0.3, 0.4) is 0 Å². The SMILES string of the molecule is Fc1ccccc1Oc1c(Cl)c(Cl)c2c(c1Cl)-c1nc-2nc2[nH]c(nc3nc(nc4[nH]c(n1)c1c(Cl)c(Cl)c(Oc5ccccc5F)c(Cl)c41)-c1c(Cl)c(Cl)c(Oc4ccccc4F)c(Cl)c1-3)c1c(Cl)c(Oc3ccccc3F)c(Cl)c(Cl)c21. The average molecular weight is 1370 g/mol. The van der Waals surface area contributed by atoms with E-state index in [0.717, 1.165) is 24.3 Å². The molecule has 12 nitrogen and oxygen atoms in total. The molecule has 2 aliphatic rings. The molecule has 3 aromatic heterocycles. The van der Waals surface area contributed by atoms with E-state index in [9.17, 15) is 0 Å². The molecule has 0 saturated carbocycles. The van der Waals surface area contributed by atoms with Crippen molar-refractivity contribution in [3.63, 3.8) is 0 Å². The van der Waals surface area contributed by atoms with Crippen molar-refractivity contribution in [1.29, 1.82) is 0 Å². The number of ether oxygens (including phenoxy) is 4. The monoisotopic (exact) mass is 1360 g/mol. The molecule has 0 spiro atoms. The van der Waals surface area contributed by atoms with E-state index in [2.05, 4.69) is 9.97 Å². The van der Waals surface area contributed by atoms with Crippen LogP contribution in [0.5, 0.6) is 46.0 Å². The zero-order chi connectivity index (χ0) is 58.9. The molecule has 2 N–H and O–H groups in total. The Morgan fingerprint density at radius 3 is 0.762 bits per heavy atom. The number of H-pyrrole nitrogens is 2. The number of fused-ring (bicyclic) bond motifs is 20. The van der Waals surface area contributed by atoms with E-state index < -0.39 is 23.3 Å². The first-order valence-electron chi connectivity index (χ1n) is 23.6. The van der Waals surface area contributed by atoms with Crippen molar-refractivity contribution in [3.05, 3.63) is 181 Å². The fraction of sp³-hybridized carbons (Fsp3) is 0. The smallest absolute Gasteiger partial charge is 0.167 e. The molecule has 0 saturated heterocycles. The zero-order valence-corrected chi connectivity index (χ0v) is 49.7. The van der Waals surface area contributed by atoms with Crippen LogP contribution in [-0.2, 0) is 0 Å². The van der Waals surface area contributed by atoms with Gasteiger partial charge in [0.25, 0.3) is 0 Å². The van der Waals surface area contributed by atoms with Gasteiger partial charge in [-0.15, -0.1) is 0 Å². The molecule has 28 heteroatoms. The van der Waals surface area contributed by atoms with Crippen LogP contribution in [0.4, 0.5) is 17.6 Å². The standard InChI is InChI=1S/C56H18Cl12F4N8O4/c57-33-25-29(37(61)45(41(33)65)81-21-13-5-1-9-17(21)69)53-74-49(25)73-50-26-31(39(63)47(42(66)34(26)58)83-23-15-7-3-11-19(23)71)55(75-50)80-56-32-28(36(60)44(68)48(40(32)64)84-24-16-8-4-12-20(24)72)52(79-56)78-54-30-27(51(76-53)77-54)35(59)43(67)46(38(30)62)82-22-14-6-2-10-18(22)70/h1-16H,(H2,73,74,75,76,77,78,79,80). The summed E-state index contributed by atoms with van der Waals surface area (Å²) in [6.45, 7) is 0. The maximum absolute atomic E-state index is 15.3. The van der Waals surface area contributed by atoms with Crippen LogP contribution in [-0.4, -0.2) is 39.9 Å². The quantitative estimate of drug-likeness (QED) is 0.111. The highest BCUT2D eigenvalue weighted by Crippen LogP contribution is 2.58. The lowest BCUT2D eigenvalue weighted by Gasteiger charge is -2.15. The second-order valence-corrected chi connectivity index (χ2v) is 22.4. The Kier molecular flexibility index (Phi) is 14.7. The van der Waals surface area contributed by atoms with Gasteiger partial charge in [0.05, 0.1) is 84.0 Å². The molecule has 13 rings (SSSR count). The Hall–Kier alpha value is -6.48. The molecule has 5 heterocycles. The van der Waals surface area contributed by atoms with Crippen molar-refractivity contribution in [2.75, 3.05) is 0 Å². The van der Waals surface area contributed by atoms with Crippen molar-refractivity contribution in [1.82, 2.24) is 39.9 Å². The zero-order valence-electron chi connectivity index (χ0n) is 40.6. The minimum absolute atomic E-state index is 0.0429. The number of halogens is 16. The molecule has 84 heavy (non-hydrogen) atoms. The van der Waals surface area contributed by atoms with Crippen LogP contribution < -0.4 is 18.9 Å². The fourth-order valence-electron chi connectivity index (χ4n) is 9.17.